The van der Waals surface area contributed by atoms with Crippen molar-refractivity contribution in [2.45, 2.75) is 0 Å². The second-order valence-corrected chi connectivity index (χ2v) is 4.96. The van der Waals surface area contributed by atoms with Gasteiger partial charge < -0.3 is 14.8 Å². The van der Waals surface area contributed by atoms with Crippen LogP contribution in [0.5, 0.6) is 11.5 Å². The molecule has 0 fully saturated rings. The van der Waals surface area contributed by atoms with Gasteiger partial charge in [0.1, 0.15) is 18.1 Å². The van der Waals surface area contributed by atoms with E-state index in [1.807, 2.05) is 65.5 Å². The Morgan fingerprint density at radius 1 is 1.00 bits per heavy atom. The first-order chi connectivity index (χ1) is 11.3. The summed E-state index contributed by atoms with van der Waals surface area (Å²) in [6.07, 6.45) is 3.77. The highest BCUT2D eigenvalue weighted by molar-refractivity contribution is 5.42. The molecule has 1 heterocycles. The molecule has 0 atom stereocenters. The molecule has 0 spiro atoms. The van der Waals surface area contributed by atoms with Gasteiger partial charge >= 0.3 is 0 Å². The monoisotopic (exact) mass is 309 g/mol. The number of anilines is 1. The zero-order chi connectivity index (χ0) is 15.9. The maximum Gasteiger partial charge on any atom is 0.119 e. The molecular formula is C18H19N3O2. The minimum absolute atomic E-state index is 0.572. The Bertz CT molecular complexity index is 724. The highest BCUT2D eigenvalue weighted by atomic mass is 16.5. The summed E-state index contributed by atoms with van der Waals surface area (Å²) in [5.41, 5.74) is 2.00. The Hall–Kier alpha value is -2.95. The zero-order valence-corrected chi connectivity index (χ0v) is 13.0. The van der Waals surface area contributed by atoms with Gasteiger partial charge in [0.2, 0.25) is 0 Å². The van der Waals surface area contributed by atoms with Crippen molar-refractivity contribution < 1.29 is 9.47 Å². The van der Waals surface area contributed by atoms with Crippen LogP contribution in [-0.2, 0) is 0 Å². The zero-order valence-electron chi connectivity index (χ0n) is 13.0. The highest BCUT2D eigenvalue weighted by Crippen LogP contribution is 2.17. The van der Waals surface area contributed by atoms with E-state index in [1.165, 1.54) is 0 Å². The van der Waals surface area contributed by atoms with Crippen molar-refractivity contribution in [3.8, 4) is 17.2 Å². The van der Waals surface area contributed by atoms with E-state index in [-0.39, 0.29) is 0 Å². The van der Waals surface area contributed by atoms with Crippen molar-refractivity contribution in [2.24, 2.45) is 0 Å². The average Bonchev–Trinajstić information content (AvgIpc) is 3.09. The minimum Gasteiger partial charge on any atom is -0.497 e. The normalized spacial score (nSPS) is 10.3. The summed E-state index contributed by atoms with van der Waals surface area (Å²) in [7, 11) is 1.65. The molecule has 0 aliphatic heterocycles. The van der Waals surface area contributed by atoms with E-state index in [2.05, 4.69) is 10.4 Å². The fourth-order valence-electron chi connectivity index (χ4n) is 2.17. The number of rotatable bonds is 7. The van der Waals surface area contributed by atoms with Crippen LogP contribution in [-0.4, -0.2) is 30.0 Å². The summed E-state index contributed by atoms with van der Waals surface area (Å²) < 4.78 is 12.6. The van der Waals surface area contributed by atoms with Crippen LogP contribution < -0.4 is 14.8 Å². The van der Waals surface area contributed by atoms with Crippen LogP contribution in [0, 0.1) is 0 Å². The lowest BCUT2D eigenvalue weighted by atomic mass is 10.3. The van der Waals surface area contributed by atoms with E-state index in [9.17, 15) is 0 Å². The molecule has 23 heavy (non-hydrogen) atoms. The van der Waals surface area contributed by atoms with Gasteiger partial charge in [-0.25, -0.2) is 4.68 Å². The summed E-state index contributed by atoms with van der Waals surface area (Å²) in [6.45, 7) is 1.27. The molecule has 1 N–H and O–H groups in total. The van der Waals surface area contributed by atoms with E-state index in [4.69, 9.17) is 9.47 Å². The maximum absolute atomic E-state index is 5.67. The molecule has 118 valence electrons. The molecule has 3 aromatic rings. The third-order valence-electron chi connectivity index (χ3n) is 3.36. The number of para-hydroxylation sites is 1. The van der Waals surface area contributed by atoms with Crippen molar-refractivity contribution in [1.82, 2.24) is 9.78 Å². The first kappa shape index (κ1) is 15.0. The summed E-state index contributed by atoms with van der Waals surface area (Å²) in [6, 6.07) is 17.6. The number of nitrogens with zero attached hydrogens (tertiary/aromatic N) is 2. The molecule has 0 amide bonds. The SMILES string of the molecule is COc1ccc(OCCNc2cnn(-c3ccccc3)c2)cc1. The number of hydrogen-bond donors (Lipinski definition) is 1. The van der Waals surface area contributed by atoms with Crippen molar-refractivity contribution in [1.29, 1.82) is 0 Å². The molecule has 0 aliphatic carbocycles. The van der Waals surface area contributed by atoms with Gasteiger partial charge in [-0.15, -0.1) is 0 Å². The topological polar surface area (TPSA) is 48.3 Å². The summed E-state index contributed by atoms with van der Waals surface area (Å²) in [5, 5.41) is 7.64. The number of nitrogens with one attached hydrogen (secondary N) is 1. The lowest BCUT2D eigenvalue weighted by molar-refractivity contribution is 0.332. The van der Waals surface area contributed by atoms with Crippen LogP contribution in [0.4, 0.5) is 5.69 Å². The fraction of sp³-hybridized carbons (Fsp3) is 0.167. The van der Waals surface area contributed by atoms with Gasteiger partial charge in [-0.3, -0.25) is 0 Å². The number of benzene rings is 2. The van der Waals surface area contributed by atoms with Gasteiger partial charge in [-0.1, -0.05) is 18.2 Å². The molecule has 0 saturated heterocycles. The van der Waals surface area contributed by atoms with Crippen molar-refractivity contribution in [3.63, 3.8) is 0 Å². The minimum atomic E-state index is 0.572. The average molecular weight is 309 g/mol. The molecule has 3 rings (SSSR count). The van der Waals surface area contributed by atoms with Gasteiger partial charge in [-0.2, -0.15) is 5.10 Å². The van der Waals surface area contributed by atoms with Crippen LogP contribution in [0.15, 0.2) is 67.0 Å². The first-order valence-electron chi connectivity index (χ1n) is 7.46. The summed E-state index contributed by atoms with van der Waals surface area (Å²) in [4.78, 5) is 0. The highest BCUT2D eigenvalue weighted by Gasteiger charge is 2.00. The van der Waals surface area contributed by atoms with E-state index < -0.39 is 0 Å². The van der Waals surface area contributed by atoms with Gasteiger partial charge in [0, 0.05) is 6.54 Å². The molecule has 1 aromatic heterocycles. The standard InChI is InChI=1S/C18H19N3O2/c1-22-17-7-9-18(10-8-17)23-12-11-19-15-13-20-21(14-15)16-5-3-2-4-6-16/h2-10,13-14,19H,11-12H2,1H3. The van der Waals surface area contributed by atoms with Crippen molar-refractivity contribution in [2.75, 3.05) is 25.6 Å². The predicted molar refractivity (Wildman–Crippen MR) is 90.5 cm³/mol. The van der Waals surface area contributed by atoms with Crippen LogP contribution >= 0.6 is 0 Å². The largest absolute Gasteiger partial charge is 0.497 e. The van der Waals surface area contributed by atoms with E-state index in [0.29, 0.717) is 13.2 Å². The smallest absolute Gasteiger partial charge is 0.119 e. The molecule has 0 radical (unpaired) electrons. The Kier molecular flexibility index (Phi) is 4.79. The first-order valence-corrected chi connectivity index (χ1v) is 7.46. The Morgan fingerprint density at radius 2 is 1.74 bits per heavy atom. The van der Waals surface area contributed by atoms with E-state index in [0.717, 1.165) is 22.9 Å². The Balaban J connectivity index is 1.46. The molecule has 0 unspecified atom stereocenters. The summed E-state index contributed by atoms with van der Waals surface area (Å²) in [5.74, 6) is 1.65. The summed E-state index contributed by atoms with van der Waals surface area (Å²) >= 11 is 0. The molecule has 0 aliphatic rings. The van der Waals surface area contributed by atoms with Gasteiger partial charge in [0.15, 0.2) is 0 Å². The third-order valence-corrected chi connectivity index (χ3v) is 3.36. The van der Waals surface area contributed by atoms with Crippen molar-refractivity contribution in [3.05, 3.63) is 67.0 Å². The van der Waals surface area contributed by atoms with Gasteiger partial charge in [-0.05, 0) is 36.4 Å². The second-order valence-electron chi connectivity index (χ2n) is 4.96. The fourth-order valence-corrected chi connectivity index (χ4v) is 2.17. The predicted octanol–water partition coefficient (Wildman–Crippen LogP) is 3.37. The van der Waals surface area contributed by atoms with E-state index in [1.54, 1.807) is 13.3 Å². The number of ether oxygens (including phenoxy) is 2. The number of hydrogen-bond acceptors (Lipinski definition) is 4. The number of aromatic nitrogens is 2. The van der Waals surface area contributed by atoms with Crippen LogP contribution in [0.1, 0.15) is 0 Å². The molecule has 5 heteroatoms. The quantitative estimate of drug-likeness (QED) is 0.680. The lowest BCUT2D eigenvalue weighted by Crippen LogP contribution is -2.11. The maximum atomic E-state index is 5.67. The lowest BCUT2D eigenvalue weighted by Gasteiger charge is -2.07. The molecular weight excluding hydrogens is 290 g/mol. The molecule has 0 bridgehead atoms. The van der Waals surface area contributed by atoms with E-state index >= 15 is 0 Å². The Labute approximate surface area is 135 Å². The second kappa shape index (κ2) is 7.35. The molecule has 2 aromatic carbocycles. The molecule has 0 saturated carbocycles. The van der Waals surface area contributed by atoms with Crippen molar-refractivity contribution >= 4 is 5.69 Å². The van der Waals surface area contributed by atoms with Gasteiger partial charge in [0.05, 0.1) is 30.9 Å². The Morgan fingerprint density at radius 3 is 2.48 bits per heavy atom. The van der Waals surface area contributed by atoms with Crippen LogP contribution in [0.25, 0.3) is 5.69 Å². The van der Waals surface area contributed by atoms with Gasteiger partial charge in [0.25, 0.3) is 0 Å². The third kappa shape index (κ3) is 4.03. The van der Waals surface area contributed by atoms with Crippen LogP contribution in [0.2, 0.25) is 0 Å². The number of methoxy groups -OCH3 is 1. The van der Waals surface area contributed by atoms with Crippen LogP contribution in [0.3, 0.4) is 0 Å². The molecule has 5 nitrogen and oxygen atoms in total.